The van der Waals surface area contributed by atoms with E-state index < -0.39 is 0 Å². The third-order valence-electron chi connectivity index (χ3n) is 2.63. The molecule has 1 N–H and O–H groups in total. The van der Waals surface area contributed by atoms with Gasteiger partial charge >= 0.3 is 0 Å². The first-order chi connectivity index (χ1) is 8.83. The zero-order valence-electron chi connectivity index (χ0n) is 10.4. The van der Waals surface area contributed by atoms with E-state index in [0.717, 1.165) is 23.9 Å². The highest BCUT2D eigenvalue weighted by Crippen LogP contribution is 2.19. The van der Waals surface area contributed by atoms with Gasteiger partial charge in [-0.2, -0.15) is 4.37 Å². The molecule has 18 heavy (non-hydrogen) atoms. The maximum absolute atomic E-state index is 9.15. The van der Waals surface area contributed by atoms with E-state index in [1.807, 2.05) is 25.1 Å². The van der Waals surface area contributed by atoms with Crippen LogP contribution >= 0.6 is 11.5 Å². The van der Waals surface area contributed by atoms with E-state index in [1.54, 1.807) is 0 Å². The molecule has 2 aromatic rings. The van der Waals surface area contributed by atoms with Crippen LogP contribution in [0, 0.1) is 0 Å². The molecule has 0 aliphatic carbocycles. The van der Waals surface area contributed by atoms with Crippen LogP contribution in [0.3, 0.4) is 0 Å². The third-order valence-corrected chi connectivity index (χ3v) is 3.45. The minimum Gasteiger partial charge on any atom is -0.395 e. The van der Waals surface area contributed by atoms with Gasteiger partial charge in [0.15, 0.2) is 0 Å². The zero-order valence-corrected chi connectivity index (χ0v) is 11.2. The molecule has 4 nitrogen and oxygen atoms in total. The Kier molecular flexibility index (Phi) is 4.66. The molecule has 0 aliphatic heterocycles. The van der Waals surface area contributed by atoms with E-state index in [9.17, 15) is 0 Å². The van der Waals surface area contributed by atoms with Crippen molar-refractivity contribution in [2.75, 3.05) is 18.1 Å². The van der Waals surface area contributed by atoms with Crippen LogP contribution in [0.15, 0.2) is 30.3 Å². The van der Waals surface area contributed by atoms with Crippen LogP contribution in [-0.2, 0) is 13.0 Å². The standard InChI is InChI=1S/C13H17N3OS/c1-2-12-14-13(18-15-12)16(8-9-17)10-11-6-4-3-5-7-11/h3-7,17H,2,8-10H2,1H3. The monoisotopic (exact) mass is 263 g/mol. The summed E-state index contributed by atoms with van der Waals surface area (Å²) < 4.78 is 4.29. The maximum Gasteiger partial charge on any atom is 0.205 e. The Hall–Kier alpha value is -1.46. The zero-order chi connectivity index (χ0) is 12.8. The number of rotatable bonds is 6. The molecule has 1 aromatic carbocycles. The van der Waals surface area contributed by atoms with E-state index in [4.69, 9.17) is 5.11 Å². The Morgan fingerprint density at radius 1 is 1.28 bits per heavy atom. The molecule has 0 bridgehead atoms. The fourth-order valence-electron chi connectivity index (χ4n) is 1.68. The third kappa shape index (κ3) is 3.27. The molecule has 0 spiro atoms. The number of hydrogen-bond donors (Lipinski definition) is 1. The van der Waals surface area contributed by atoms with E-state index in [2.05, 4.69) is 26.4 Å². The fourth-order valence-corrected chi connectivity index (χ4v) is 2.46. The van der Waals surface area contributed by atoms with E-state index in [-0.39, 0.29) is 6.61 Å². The average molecular weight is 263 g/mol. The molecule has 0 radical (unpaired) electrons. The first kappa shape index (κ1) is 13.0. The first-order valence-electron chi connectivity index (χ1n) is 6.05. The quantitative estimate of drug-likeness (QED) is 0.867. The van der Waals surface area contributed by atoms with E-state index >= 15 is 0 Å². The Morgan fingerprint density at radius 3 is 2.67 bits per heavy atom. The van der Waals surface area contributed by atoms with Crippen molar-refractivity contribution in [1.29, 1.82) is 0 Å². The molecule has 5 heteroatoms. The highest BCUT2D eigenvalue weighted by molar-refractivity contribution is 7.09. The van der Waals surface area contributed by atoms with Gasteiger partial charge in [0.2, 0.25) is 5.13 Å². The van der Waals surface area contributed by atoms with Crippen LogP contribution in [0.2, 0.25) is 0 Å². The van der Waals surface area contributed by atoms with Gasteiger partial charge in [0, 0.05) is 31.0 Å². The molecule has 0 atom stereocenters. The number of nitrogens with zero attached hydrogens (tertiary/aromatic N) is 3. The molecular formula is C13H17N3OS. The lowest BCUT2D eigenvalue weighted by Crippen LogP contribution is -2.25. The van der Waals surface area contributed by atoms with Gasteiger partial charge in [-0.3, -0.25) is 0 Å². The molecule has 0 fully saturated rings. The van der Waals surface area contributed by atoms with Crippen molar-refractivity contribution in [3.8, 4) is 0 Å². The van der Waals surface area contributed by atoms with Gasteiger partial charge in [0.1, 0.15) is 5.82 Å². The molecule has 2 rings (SSSR count). The van der Waals surface area contributed by atoms with Crippen molar-refractivity contribution < 1.29 is 5.11 Å². The van der Waals surface area contributed by atoms with Gasteiger partial charge in [-0.15, -0.1) is 0 Å². The largest absolute Gasteiger partial charge is 0.395 e. The Morgan fingerprint density at radius 2 is 2.06 bits per heavy atom. The van der Waals surface area contributed by atoms with Gasteiger partial charge in [-0.1, -0.05) is 37.3 Å². The molecule has 1 heterocycles. The second-order valence-corrected chi connectivity index (χ2v) is 4.71. The Labute approximate surface area is 111 Å². The van der Waals surface area contributed by atoms with Crippen LogP contribution < -0.4 is 4.90 Å². The second kappa shape index (κ2) is 6.47. The summed E-state index contributed by atoms with van der Waals surface area (Å²) in [5.74, 6) is 0.867. The topological polar surface area (TPSA) is 49.2 Å². The second-order valence-electron chi connectivity index (χ2n) is 3.98. The lowest BCUT2D eigenvalue weighted by Gasteiger charge is -2.20. The van der Waals surface area contributed by atoms with Gasteiger partial charge < -0.3 is 10.0 Å². The minimum atomic E-state index is 0.119. The summed E-state index contributed by atoms with van der Waals surface area (Å²) in [5, 5.41) is 10.0. The predicted octanol–water partition coefficient (Wildman–Crippen LogP) is 2.10. The highest BCUT2D eigenvalue weighted by Gasteiger charge is 2.11. The SMILES string of the molecule is CCc1nsc(N(CCO)Cc2ccccc2)n1. The van der Waals surface area contributed by atoms with Gasteiger partial charge in [-0.25, -0.2) is 4.98 Å². The molecular weight excluding hydrogens is 246 g/mol. The summed E-state index contributed by atoms with van der Waals surface area (Å²) in [4.78, 5) is 6.53. The van der Waals surface area contributed by atoms with Crippen molar-refractivity contribution >= 4 is 16.7 Å². The maximum atomic E-state index is 9.15. The van der Waals surface area contributed by atoms with Crippen molar-refractivity contribution in [2.45, 2.75) is 19.9 Å². The predicted molar refractivity (Wildman–Crippen MR) is 73.9 cm³/mol. The van der Waals surface area contributed by atoms with E-state index in [0.29, 0.717) is 6.54 Å². The lowest BCUT2D eigenvalue weighted by molar-refractivity contribution is 0.301. The summed E-state index contributed by atoms with van der Waals surface area (Å²) in [6.07, 6.45) is 0.842. The number of aromatic nitrogens is 2. The molecule has 96 valence electrons. The van der Waals surface area contributed by atoms with Crippen LogP contribution in [0.5, 0.6) is 0 Å². The normalized spacial score (nSPS) is 10.6. The molecule has 0 aliphatic rings. The lowest BCUT2D eigenvalue weighted by atomic mass is 10.2. The summed E-state index contributed by atoms with van der Waals surface area (Å²) in [6, 6.07) is 10.2. The van der Waals surface area contributed by atoms with Crippen LogP contribution in [-0.4, -0.2) is 27.6 Å². The average Bonchev–Trinajstić information content (AvgIpc) is 2.88. The minimum absolute atomic E-state index is 0.119. The molecule has 1 aromatic heterocycles. The van der Waals surface area contributed by atoms with Crippen molar-refractivity contribution in [1.82, 2.24) is 9.36 Å². The van der Waals surface area contributed by atoms with Gasteiger partial charge in [-0.05, 0) is 5.56 Å². The van der Waals surface area contributed by atoms with Gasteiger partial charge in [0.25, 0.3) is 0 Å². The molecule has 0 unspecified atom stereocenters. The van der Waals surface area contributed by atoms with Crippen LogP contribution in [0.4, 0.5) is 5.13 Å². The van der Waals surface area contributed by atoms with E-state index in [1.165, 1.54) is 17.1 Å². The Bertz CT molecular complexity index is 472. The number of aliphatic hydroxyl groups excluding tert-OH is 1. The number of benzene rings is 1. The number of aliphatic hydroxyl groups is 1. The summed E-state index contributed by atoms with van der Waals surface area (Å²) >= 11 is 1.40. The number of anilines is 1. The van der Waals surface area contributed by atoms with Crippen LogP contribution in [0.25, 0.3) is 0 Å². The molecule has 0 amide bonds. The van der Waals surface area contributed by atoms with Gasteiger partial charge in [0.05, 0.1) is 6.61 Å². The van der Waals surface area contributed by atoms with Crippen molar-refractivity contribution in [2.24, 2.45) is 0 Å². The number of hydrogen-bond acceptors (Lipinski definition) is 5. The summed E-state index contributed by atoms with van der Waals surface area (Å²) in [6.45, 7) is 3.49. The smallest absolute Gasteiger partial charge is 0.205 e. The fraction of sp³-hybridized carbons (Fsp3) is 0.385. The van der Waals surface area contributed by atoms with Crippen LogP contribution in [0.1, 0.15) is 18.3 Å². The Balaban J connectivity index is 2.12. The molecule has 0 saturated heterocycles. The highest BCUT2D eigenvalue weighted by atomic mass is 32.1. The van der Waals surface area contributed by atoms with Crippen molar-refractivity contribution in [3.63, 3.8) is 0 Å². The molecule has 0 saturated carbocycles. The van der Waals surface area contributed by atoms with Crippen molar-refractivity contribution in [3.05, 3.63) is 41.7 Å². The summed E-state index contributed by atoms with van der Waals surface area (Å²) in [5.41, 5.74) is 1.21. The summed E-state index contributed by atoms with van der Waals surface area (Å²) in [7, 11) is 0. The first-order valence-corrected chi connectivity index (χ1v) is 6.83. The number of aryl methyl sites for hydroxylation is 1.